The van der Waals surface area contributed by atoms with Crippen LogP contribution < -0.4 is 15.5 Å². The molecule has 8 nitrogen and oxygen atoms in total. The first kappa shape index (κ1) is 19.5. The van der Waals surface area contributed by atoms with Gasteiger partial charge in [-0.2, -0.15) is 5.10 Å². The summed E-state index contributed by atoms with van der Waals surface area (Å²) in [5.74, 6) is 0.468. The van der Waals surface area contributed by atoms with Crippen LogP contribution >= 0.6 is 11.3 Å². The fourth-order valence-corrected chi connectivity index (χ4v) is 4.37. The van der Waals surface area contributed by atoms with Crippen molar-refractivity contribution in [3.63, 3.8) is 0 Å². The second kappa shape index (κ2) is 8.37. The Kier molecular flexibility index (Phi) is 5.27. The third-order valence-electron chi connectivity index (χ3n) is 5.43. The predicted molar refractivity (Wildman–Crippen MR) is 126 cm³/mol. The summed E-state index contributed by atoms with van der Waals surface area (Å²) >= 11 is 1.37. The highest BCUT2D eigenvalue weighted by Crippen LogP contribution is 2.28. The smallest absolute Gasteiger partial charge is 0.275 e. The molecule has 5 rings (SSSR count). The van der Waals surface area contributed by atoms with Crippen molar-refractivity contribution in [1.29, 1.82) is 0 Å². The number of anilines is 4. The summed E-state index contributed by atoms with van der Waals surface area (Å²) in [6, 6.07) is 15.8. The van der Waals surface area contributed by atoms with Gasteiger partial charge >= 0.3 is 0 Å². The summed E-state index contributed by atoms with van der Waals surface area (Å²) in [5, 5.41) is 16.9. The lowest BCUT2D eigenvalue weighted by Gasteiger charge is -2.35. The van der Waals surface area contributed by atoms with Gasteiger partial charge in [0.05, 0.1) is 16.9 Å². The maximum absolute atomic E-state index is 12.9. The molecule has 1 amide bonds. The molecule has 9 heteroatoms. The zero-order valence-electron chi connectivity index (χ0n) is 17.1. The van der Waals surface area contributed by atoms with Crippen LogP contribution in [-0.4, -0.2) is 59.2 Å². The molecule has 1 aliphatic heterocycles. The van der Waals surface area contributed by atoms with Crippen LogP contribution in [0, 0.1) is 0 Å². The highest BCUT2D eigenvalue weighted by molar-refractivity contribution is 7.14. The minimum atomic E-state index is -0.224. The molecule has 1 aliphatic rings. The van der Waals surface area contributed by atoms with Gasteiger partial charge in [-0.3, -0.25) is 9.89 Å². The van der Waals surface area contributed by atoms with E-state index in [0.717, 1.165) is 48.5 Å². The van der Waals surface area contributed by atoms with Gasteiger partial charge in [0.2, 0.25) is 0 Å². The Hall–Kier alpha value is -3.43. The van der Waals surface area contributed by atoms with E-state index in [9.17, 15) is 4.79 Å². The van der Waals surface area contributed by atoms with Crippen LogP contribution in [0.3, 0.4) is 0 Å². The van der Waals surface area contributed by atoms with Crippen molar-refractivity contribution in [1.82, 2.24) is 20.1 Å². The fraction of sp³-hybridized carbons (Fsp3) is 0.227. The number of aromatic amines is 1. The van der Waals surface area contributed by atoms with Crippen molar-refractivity contribution >= 4 is 50.5 Å². The molecule has 4 aromatic rings. The number of para-hydroxylation sites is 3. The Labute approximate surface area is 183 Å². The van der Waals surface area contributed by atoms with Crippen molar-refractivity contribution in [2.24, 2.45) is 0 Å². The number of hydrogen-bond donors (Lipinski definition) is 3. The summed E-state index contributed by atoms with van der Waals surface area (Å²) in [5.41, 5.74) is 3.17. The maximum Gasteiger partial charge on any atom is 0.275 e. The molecule has 31 heavy (non-hydrogen) atoms. The quantitative estimate of drug-likeness (QED) is 0.444. The van der Waals surface area contributed by atoms with E-state index in [-0.39, 0.29) is 5.91 Å². The standard InChI is InChI=1S/C22H23N7OS/c1-28-10-12-29(13-11-28)19-9-5-4-8-17(19)23-21(30)18-14-31-22(24-18)25-20-15-6-2-3-7-16(15)26-27-20/h2-9,14H,10-13H2,1H3,(H,23,30)(H2,24,25,26,27). The number of fused-ring (bicyclic) bond motifs is 1. The topological polar surface area (TPSA) is 89.2 Å². The maximum atomic E-state index is 12.9. The number of nitrogens with zero attached hydrogens (tertiary/aromatic N) is 4. The Morgan fingerprint density at radius 3 is 2.71 bits per heavy atom. The fourth-order valence-electron chi connectivity index (χ4n) is 3.68. The van der Waals surface area contributed by atoms with Crippen molar-refractivity contribution in [3.05, 3.63) is 59.6 Å². The molecule has 3 heterocycles. The van der Waals surface area contributed by atoms with E-state index in [1.165, 1.54) is 11.3 Å². The van der Waals surface area contributed by atoms with Crippen LogP contribution in [0.4, 0.5) is 22.3 Å². The van der Waals surface area contributed by atoms with Gasteiger partial charge in [-0.05, 0) is 31.3 Å². The minimum Gasteiger partial charge on any atom is -0.367 e. The molecule has 0 radical (unpaired) electrons. The third kappa shape index (κ3) is 4.10. The summed E-state index contributed by atoms with van der Waals surface area (Å²) in [6.45, 7) is 3.88. The molecule has 0 spiro atoms. The molecular weight excluding hydrogens is 410 g/mol. The number of nitrogens with one attached hydrogen (secondary N) is 3. The van der Waals surface area contributed by atoms with E-state index in [2.05, 4.69) is 48.7 Å². The van der Waals surface area contributed by atoms with Crippen LogP contribution in [0.2, 0.25) is 0 Å². The number of rotatable bonds is 5. The number of hydrogen-bond acceptors (Lipinski definition) is 7. The first-order valence-electron chi connectivity index (χ1n) is 10.2. The lowest BCUT2D eigenvalue weighted by atomic mass is 10.2. The average Bonchev–Trinajstić information content (AvgIpc) is 3.43. The van der Waals surface area contributed by atoms with Crippen molar-refractivity contribution < 1.29 is 4.79 Å². The molecule has 0 bridgehead atoms. The molecule has 0 saturated carbocycles. The number of thiazole rings is 1. The first-order chi connectivity index (χ1) is 15.2. The predicted octanol–water partition coefficient (Wildman–Crippen LogP) is 3.77. The number of carbonyl (C=O) groups excluding carboxylic acids is 1. The molecule has 1 fully saturated rings. The van der Waals surface area contributed by atoms with Gasteiger partial charge in [0.1, 0.15) is 5.69 Å². The van der Waals surface area contributed by atoms with E-state index < -0.39 is 0 Å². The number of likely N-dealkylation sites (N-methyl/N-ethyl adjacent to an activating group) is 1. The lowest BCUT2D eigenvalue weighted by Crippen LogP contribution is -2.44. The number of carbonyl (C=O) groups is 1. The molecule has 0 atom stereocenters. The number of H-pyrrole nitrogens is 1. The Bertz CT molecular complexity index is 1210. The second-order valence-electron chi connectivity index (χ2n) is 7.54. The van der Waals surface area contributed by atoms with Gasteiger partial charge in [0.15, 0.2) is 10.9 Å². The summed E-state index contributed by atoms with van der Waals surface area (Å²) in [7, 11) is 2.13. The van der Waals surface area contributed by atoms with E-state index in [1.54, 1.807) is 5.38 Å². The molecule has 0 aliphatic carbocycles. The molecular formula is C22H23N7OS. The highest BCUT2D eigenvalue weighted by atomic mass is 32.1. The normalized spacial score (nSPS) is 14.7. The second-order valence-corrected chi connectivity index (χ2v) is 8.40. The average molecular weight is 434 g/mol. The van der Waals surface area contributed by atoms with Gasteiger partial charge < -0.3 is 20.4 Å². The van der Waals surface area contributed by atoms with Gasteiger partial charge in [-0.1, -0.05) is 24.3 Å². The Morgan fingerprint density at radius 2 is 1.84 bits per heavy atom. The largest absolute Gasteiger partial charge is 0.367 e. The summed E-state index contributed by atoms with van der Waals surface area (Å²) < 4.78 is 0. The highest BCUT2D eigenvalue weighted by Gasteiger charge is 2.19. The monoisotopic (exact) mass is 433 g/mol. The number of benzene rings is 2. The SMILES string of the molecule is CN1CCN(c2ccccc2NC(=O)c2csc(Nc3n[nH]c4ccccc34)n2)CC1. The molecule has 2 aromatic carbocycles. The zero-order chi connectivity index (χ0) is 21.2. The molecule has 2 aromatic heterocycles. The third-order valence-corrected chi connectivity index (χ3v) is 6.19. The van der Waals surface area contributed by atoms with Crippen LogP contribution in [0.5, 0.6) is 0 Å². The molecule has 0 unspecified atom stereocenters. The number of amides is 1. The van der Waals surface area contributed by atoms with Crippen molar-refractivity contribution in [2.45, 2.75) is 0 Å². The van der Waals surface area contributed by atoms with Crippen molar-refractivity contribution in [2.75, 3.05) is 48.8 Å². The van der Waals surface area contributed by atoms with E-state index in [0.29, 0.717) is 16.6 Å². The van der Waals surface area contributed by atoms with Crippen LogP contribution in [0.25, 0.3) is 10.9 Å². The van der Waals surface area contributed by atoms with E-state index >= 15 is 0 Å². The van der Waals surface area contributed by atoms with Gasteiger partial charge in [0.25, 0.3) is 5.91 Å². The number of aromatic nitrogens is 3. The van der Waals surface area contributed by atoms with Gasteiger partial charge in [-0.15, -0.1) is 11.3 Å². The van der Waals surface area contributed by atoms with Crippen LogP contribution in [0.15, 0.2) is 53.9 Å². The summed E-state index contributed by atoms with van der Waals surface area (Å²) in [6.07, 6.45) is 0. The van der Waals surface area contributed by atoms with Gasteiger partial charge in [-0.25, -0.2) is 4.98 Å². The molecule has 1 saturated heterocycles. The Morgan fingerprint density at radius 1 is 1.06 bits per heavy atom. The molecule has 158 valence electrons. The first-order valence-corrected chi connectivity index (χ1v) is 11.0. The number of piperazine rings is 1. The Balaban J connectivity index is 1.30. The minimum absolute atomic E-state index is 0.224. The van der Waals surface area contributed by atoms with Gasteiger partial charge in [0, 0.05) is 36.9 Å². The van der Waals surface area contributed by atoms with Crippen molar-refractivity contribution in [3.8, 4) is 0 Å². The summed E-state index contributed by atoms with van der Waals surface area (Å²) in [4.78, 5) is 22.0. The van der Waals surface area contributed by atoms with E-state index in [4.69, 9.17) is 0 Å². The van der Waals surface area contributed by atoms with Crippen LogP contribution in [-0.2, 0) is 0 Å². The molecule has 3 N–H and O–H groups in total. The lowest BCUT2D eigenvalue weighted by molar-refractivity contribution is 0.102. The van der Waals surface area contributed by atoms with Crippen LogP contribution in [0.1, 0.15) is 10.5 Å². The van der Waals surface area contributed by atoms with E-state index in [1.807, 2.05) is 42.5 Å². The zero-order valence-corrected chi connectivity index (χ0v) is 17.9.